The Kier molecular flexibility index (Phi) is 6.13. The van der Waals surface area contributed by atoms with Gasteiger partial charge in [-0.05, 0) is 43.3 Å². The van der Waals surface area contributed by atoms with Crippen LogP contribution in [-0.4, -0.2) is 37.2 Å². The van der Waals surface area contributed by atoms with Crippen LogP contribution in [0.3, 0.4) is 0 Å². The Morgan fingerprint density at radius 1 is 0.828 bits per heavy atom. The molecule has 0 atom stereocenters. The first-order valence-corrected chi connectivity index (χ1v) is 8.82. The molecule has 3 rings (SSSR count). The molecule has 0 saturated carbocycles. The van der Waals surface area contributed by atoms with Crippen LogP contribution >= 0.6 is 0 Å². The van der Waals surface area contributed by atoms with Crippen LogP contribution in [-0.2, 0) is 0 Å². The number of hydrogen-bond donors (Lipinski definition) is 2. The summed E-state index contributed by atoms with van der Waals surface area (Å²) < 4.78 is 15.6. The van der Waals surface area contributed by atoms with Gasteiger partial charge in [0.2, 0.25) is 5.88 Å². The van der Waals surface area contributed by atoms with E-state index in [1.165, 1.54) is 14.2 Å². The van der Waals surface area contributed by atoms with E-state index in [1.54, 1.807) is 50.4 Å². The monoisotopic (exact) mass is 394 g/mol. The van der Waals surface area contributed by atoms with Crippen molar-refractivity contribution in [2.75, 3.05) is 32.0 Å². The third-order valence-electron chi connectivity index (χ3n) is 4.05. The van der Waals surface area contributed by atoms with E-state index in [9.17, 15) is 4.79 Å². The van der Waals surface area contributed by atoms with E-state index >= 15 is 0 Å². The molecule has 0 bridgehead atoms. The number of methoxy groups -OCH3 is 3. The van der Waals surface area contributed by atoms with Crippen molar-refractivity contribution in [1.82, 2.24) is 9.97 Å². The highest BCUT2D eigenvalue weighted by molar-refractivity contribution is 6.04. The third-order valence-corrected chi connectivity index (χ3v) is 4.05. The largest absolute Gasteiger partial charge is 0.497 e. The van der Waals surface area contributed by atoms with Gasteiger partial charge in [-0.2, -0.15) is 4.98 Å². The maximum absolute atomic E-state index is 12.6. The fourth-order valence-corrected chi connectivity index (χ4v) is 2.64. The van der Waals surface area contributed by atoms with Crippen molar-refractivity contribution in [3.63, 3.8) is 0 Å². The number of rotatable bonds is 7. The van der Waals surface area contributed by atoms with Gasteiger partial charge in [0.15, 0.2) is 0 Å². The fourth-order valence-electron chi connectivity index (χ4n) is 2.64. The van der Waals surface area contributed by atoms with Gasteiger partial charge in [0.25, 0.3) is 5.91 Å². The van der Waals surface area contributed by atoms with Gasteiger partial charge in [-0.1, -0.05) is 0 Å². The van der Waals surface area contributed by atoms with Gasteiger partial charge in [-0.15, -0.1) is 0 Å². The molecule has 1 heterocycles. The topological polar surface area (TPSA) is 94.6 Å². The van der Waals surface area contributed by atoms with E-state index in [-0.39, 0.29) is 5.91 Å². The number of anilines is 3. The molecule has 8 nitrogen and oxygen atoms in total. The second-order valence-corrected chi connectivity index (χ2v) is 6.10. The standard InChI is InChI=1S/C21H22N4O4/c1-13-22-19(12-20(23-13)29-4)24-15-5-7-16(8-6-15)25-21(26)14-9-17(27-2)11-18(10-14)28-3/h5-12H,1-4H3,(H,25,26)(H,22,23,24). The molecule has 3 aromatic rings. The Balaban J connectivity index is 1.71. The Morgan fingerprint density at radius 3 is 2.03 bits per heavy atom. The van der Waals surface area contributed by atoms with E-state index in [2.05, 4.69) is 20.6 Å². The maximum atomic E-state index is 12.6. The lowest BCUT2D eigenvalue weighted by molar-refractivity contribution is 0.102. The van der Waals surface area contributed by atoms with E-state index in [0.717, 1.165) is 5.69 Å². The van der Waals surface area contributed by atoms with E-state index in [0.29, 0.717) is 40.3 Å². The molecule has 0 aliphatic heterocycles. The summed E-state index contributed by atoms with van der Waals surface area (Å²) in [5.74, 6) is 2.53. The number of ether oxygens (including phenoxy) is 3. The summed E-state index contributed by atoms with van der Waals surface area (Å²) in [6.45, 7) is 1.79. The van der Waals surface area contributed by atoms with E-state index in [1.807, 2.05) is 12.1 Å². The van der Waals surface area contributed by atoms with Crippen molar-refractivity contribution >= 4 is 23.1 Å². The van der Waals surface area contributed by atoms with E-state index in [4.69, 9.17) is 14.2 Å². The number of aromatic nitrogens is 2. The van der Waals surface area contributed by atoms with Crippen molar-refractivity contribution in [3.8, 4) is 17.4 Å². The SMILES string of the molecule is COc1cc(OC)cc(C(=O)Nc2ccc(Nc3cc(OC)nc(C)n3)cc2)c1. The van der Waals surface area contributed by atoms with Gasteiger partial charge in [0, 0.05) is 29.1 Å². The van der Waals surface area contributed by atoms with Crippen molar-refractivity contribution < 1.29 is 19.0 Å². The zero-order chi connectivity index (χ0) is 20.8. The predicted octanol–water partition coefficient (Wildman–Crippen LogP) is 3.81. The summed E-state index contributed by atoms with van der Waals surface area (Å²) >= 11 is 0. The Bertz CT molecular complexity index is 984. The van der Waals surface area contributed by atoms with Crippen LogP contribution in [0.4, 0.5) is 17.2 Å². The van der Waals surface area contributed by atoms with Crippen LogP contribution in [0.25, 0.3) is 0 Å². The van der Waals surface area contributed by atoms with Crippen molar-refractivity contribution in [3.05, 3.63) is 59.9 Å². The molecular formula is C21H22N4O4. The van der Waals surface area contributed by atoms with Crippen molar-refractivity contribution in [1.29, 1.82) is 0 Å². The van der Waals surface area contributed by atoms with Gasteiger partial charge in [0.1, 0.15) is 23.1 Å². The first kappa shape index (κ1) is 19.9. The molecule has 0 radical (unpaired) electrons. The van der Waals surface area contributed by atoms with E-state index < -0.39 is 0 Å². The van der Waals surface area contributed by atoms with Gasteiger partial charge >= 0.3 is 0 Å². The maximum Gasteiger partial charge on any atom is 0.255 e. The van der Waals surface area contributed by atoms with Gasteiger partial charge < -0.3 is 24.8 Å². The molecule has 150 valence electrons. The lowest BCUT2D eigenvalue weighted by Gasteiger charge is -2.11. The molecule has 2 aromatic carbocycles. The molecule has 0 unspecified atom stereocenters. The second-order valence-electron chi connectivity index (χ2n) is 6.10. The molecule has 1 aromatic heterocycles. The zero-order valence-corrected chi connectivity index (χ0v) is 16.6. The fraction of sp³-hybridized carbons (Fsp3) is 0.190. The van der Waals surface area contributed by atoms with Crippen LogP contribution in [0.2, 0.25) is 0 Å². The third kappa shape index (κ3) is 5.13. The molecule has 8 heteroatoms. The van der Waals surface area contributed by atoms with Crippen molar-refractivity contribution in [2.45, 2.75) is 6.92 Å². The van der Waals surface area contributed by atoms with Crippen LogP contribution in [0.5, 0.6) is 17.4 Å². The van der Waals surface area contributed by atoms with Gasteiger partial charge in [-0.3, -0.25) is 4.79 Å². The summed E-state index contributed by atoms with van der Waals surface area (Å²) in [5.41, 5.74) is 1.90. The first-order valence-electron chi connectivity index (χ1n) is 8.82. The lowest BCUT2D eigenvalue weighted by atomic mass is 10.1. The molecule has 1 amide bonds. The summed E-state index contributed by atoms with van der Waals surface area (Å²) in [6, 6.07) is 14.0. The summed E-state index contributed by atoms with van der Waals surface area (Å²) in [7, 11) is 4.63. The number of carbonyl (C=O) groups is 1. The Hall–Kier alpha value is -3.81. The van der Waals surface area contributed by atoms with Crippen LogP contribution in [0.1, 0.15) is 16.2 Å². The Morgan fingerprint density at radius 2 is 1.45 bits per heavy atom. The number of hydrogen-bond acceptors (Lipinski definition) is 7. The number of amides is 1. The minimum Gasteiger partial charge on any atom is -0.497 e. The zero-order valence-electron chi connectivity index (χ0n) is 16.6. The minimum absolute atomic E-state index is 0.265. The predicted molar refractivity (Wildman–Crippen MR) is 111 cm³/mol. The number of nitrogens with one attached hydrogen (secondary N) is 2. The molecule has 0 aliphatic carbocycles. The van der Waals surface area contributed by atoms with Crippen LogP contribution < -0.4 is 24.8 Å². The van der Waals surface area contributed by atoms with Gasteiger partial charge in [-0.25, -0.2) is 4.98 Å². The molecular weight excluding hydrogens is 372 g/mol. The molecule has 29 heavy (non-hydrogen) atoms. The quantitative estimate of drug-likeness (QED) is 0.629. The van der Waals surface area contributed by atoms with Crippen LogP contribution in [0.15, 0.2) is 48.5 Å². The highest BCUT2D eigenvalue weighted by atomic mass is 16.5. The second kappa shape index (κ2) is 8.92. The number of carbonyl (C=O) groups excluding carboxylic acids is 1. The molecule has 2 N–H and O–H groups in total. The molecule has 0 fully saturated rings. The minimum atomic E-state index is -0.265. The lowest BCUT2D eigenvalue weighted by Crippen LogP contribution is -2.12. The summed E-state index contributed by atoms with van der Waals surface area (Å²) in [6.07, 6.45) is 0. The summed E-state index contributed by atoms with van der Waals surface area (Å²) in [4.78, 5) is 21.0. The van der Waals surface area contributed by atoms with Gasteiger partial charge in [0.05, 0.1) is 21.3 Å². The highest BCUT2D eigenvalue weighted by Gasteiger charge is 2.10. The molecule has 0 saturated heterocycles. The number of nitrogens with zero attached hydrogens (tertiary/aromatic N) is 2. The van der Waals surface area contributed by atoms with Crippen molar-refractivity contribution in [2.24, 2.45) is 0 Å². The first-order chi connectivity index (χ1) is 14.0. The Labute approximate surface area is 168 Å². The average Bonchev–Trinajstić information content (AvgIpc) is 2.74. The summed E-state index contributed by atoms with van der Waals surface area (Å²) in [5, 5.41) is 6.04. The highest BCUT2D eigenvalue weighted by Crippen LogP contribution is 2.24. The average molecular weight is 394 g/mol. The normalized spacial score (nSPS) is 10.2. The molecule has 0 aliphatic rings. The van der Waals surface area contributed by atoms with Crippen LogP contribution in [0, 0.1) is 6.92 Å². The smallest absolute Gasteiger partial charge is 0.255 e. The number of benzene rings is 2. The molecule has 0 spiro atoms. The number of aryl methyl sites for hydroxylation is 1.